The van der Waals surface area contributed by atoms with Crippen molar-refractivity contribution >= 4 is 46.9 Å². The molecule has 0 aromatic heterocycles. The molecule has 8 heteroatoms. The summed E-state index contributed by atoms with van der Waals surface area (Å²) in [7, 11) is 0. The van der Waals surface area contributed by atoms with Crippen molar-refractivity contribution in [2.24, 2.45) is 5.10 Å². The summed E-state index contributed by atoms with van der Waals surface area (Å²) in [6, 6.07) is 10.2. The Morgan fingerprint density at radius 2 is 1.83 bits per heavy atom. The Morgan fingerprint density at radius 3 is 2.52 bits per heavy atom. The van der Waals surface area contributed by atoms with Crippen molar-refractivity contribution in [2.45, 2.75) is 0 Å². The second-order valence-electron chi connectivity index (χ2n) is 4.30. The van der Waals surface area contributed by atoms with Gasteiger partial charge in [0.05, 0.1) is 16.9 Å². The number of rotatable bonds is 3. The van der Waals surface area contributed by atoms with E-state index in [2.05, 4.69) is 10.4 Å². The largest absolute Gasteiger partial charge is 0.329 e. The molecule has 2 aromatic rings. The van der Waals surface area contributed by atoms with Gasteiger partial charge in [0.1, 0.15) is 5.82 Å². The van der Waals surface area contributed by atoms with Gasteiger partial charge in [-0.1, -0.05) is 41.4 Å². The highest BCUT2D eigenvalue weighted by atomic mass is 35.5. The number of carbonyl (C=O) groups excluding carboxylic acids is 2. The van der Waals surface area contributed by atoms with E-state index in [1.54, 1.807) is 12.1 Å². The number of hydrogen-bond donors (Lipinski definition) is 2. The Balaban J connectivity index is 1.95. The molecule has 2 N–H and O–H groups in total. The molecule has 0 radical (unpaired) electrons. The maximum Gasteiger partial charge on any atom is 0.329 e. The molecule has 23 heavy (non-hydrogen) atoms. The highest BCUT2D eigenvalue weighted by Crippen LogP contribution is 2.19. The first-order chi connectivity index (χ1) is 11.0. The number of hydrazone groups is 1. The number of para-hydroxylation sites is 1. The van der Waals surface area contributed by atoms with E-state index in [1.165, 1.54) is 30.5 Å². The molecule has 0 fully saturated rings. The van der Waals surface area contributed by atoms with E-state index in [1.807, 2.05) is 5.43 Å². The van der Waals surface area contributed by atoms with Crippen LogP contribution in [0.15, 0.2) is 47.6 Å². The molecule has 0 aliphatic rings. The first kappa shape index (κ1) is 16.9. The van der Waals surface area contributed by atoms with Crippen LogP contribution in [0.5, 0.6) is 0 Å². The maximum atomic E-state index is 13.4. The van der Waals surface area contributed by atoms with Crippen molar-refractivity contribution in [3.05, 3.63) is 63.9 Å². The van der Waals surface area contributed by atoms with Crippen LogP contribution in [0.4, 0.5) is 10.1 Å². The second kappa shape index (κ2) is 7.71. The summed E-state index contributed by atoms with van der Waals surface area (Å²) in [6.45, 7) is 0. The van der Waals surface area contributed by atoms with Gasteiger partial charge < -0.3 is 5.32 Å². The number of amides is 2. The summed E-state index contributed by atoms with van der Waals surface area (Å²) in [6.07, 6.45) is 1.26. The first-order valence-corrected chi connectivity index (χ1v) is 7.07. The van der Waals surface area contributed by atoms with Gasteiger partial charge in [-0.2, -0.15) is 5.10 Å². The molecule has 0 unspecified atom stereocenters. The summed E-state index contributed by atoms with van der Waals surface area (Å²) in [5, 5.41) is 6.54. The summed E-state index contributed by atoms with van der Waals surface area (Å²) < 4.78 is 13.4. The summed E-state index contributed by atoms with van der Waals surface area (Å²) >= 11 is 11.7. The van der Waals surface area contributed by atoms with E-state index < -0.39 is 17.6 Å². The van der Waals surface area contributed by atoms with Gasteiger partial charge in [0, 0.05) is 10.6 Å². The lowest BCUT2D eigenvalue weighted by Gasteiger charge is -2.04. The Morgan fingerprint density at radius 1 is 1.09 bits per heavy atom. The second-order valence-corrected chi connectivity index (χ2v) is 5.14. The molecular formula is C15H10Cl2FN3O2. The fourth-order valence-electron chi connectivity index (χ4n) is 1.56. The molecule has 5 nitrogen and oxygen atoms in total. The van der Waals surface area contributed by atoms with Crippen molar-refractivity contribution < 1.29 is 14.0 Å². The normalized spacial score (nSPS) is 10.6. The first-order valence-electron chi connectivity index (χ1n) is 6.31. The van der Waals surface area contributed by atoms with Crippen LogP contribution in [0, 0.1) is 5.82 Å². The number of nitrogens with zero attached hydrogens (tertiary/aromatic N) is 1. The predicted octanol–water partition coefficient (Wildman–Crippen LogP) is 3.22. The lowest BCUT2D eigenvalue weighted by Crippen LogP contribution is -2.32. The molecule has 0 aliphatic heterocycles. The lowest BCUT2D eigenvalue weighted by atomic mass is 10.2. The highest BCUT2D eigenvalue weighted by Gasteiger charge is 2.14. The zero-order chi connectivity index (χ0) is 16.8. The quantitative estimate of drug-likeness (QED) is 0.505. The molecule has 0 atom stereocenters. The van der Waals surface area contributed by atoms with E-state index >= 15 is 0 Å². The summed E-state index contributed by atoms with van der Waals surface area (Å²) in [5.74, 6) is -2.74. The number of hydrogen-bond acceptors (Lipinski definition) is 3. The van der Waals surface area contributed by atoms with Crippen molar-refractivity contribution in [2.75, 3.05) is 5.32 Å². The predicted molar refractivity (Wildman–Crippen MR) is 87.2 cm³/mol. The Kier molecular flexibility index (Phi) is 5.67. The van der Waals surface area contributed by atoms with E-state index in [0.717, 1.165) is 6.07 Å². The SMILES string of the molecule is O=C(N/N=C/c1ccc(Cl)cc1Cl)C(=O)Nc1ccccc1F. The zero-order valence-corrected chi connectivity index (χ0v) is 13.0. The van der Waals surface area contributed by atoms with Crippen LogP contribution < -0.4 is 10.7 Å². The Hall–Kier alpha value is -2.44. The third-order valence-corrected chi connectivity index (χ3v) is 3.22. The number of carbonyl (C=O) groups is 2. The Bertz CT molecular complexity index is 781. The molecule has 0 saturated carbocycles. The fraction of sp³-hybridized carbons (Fsp3) is 0. The van der Waals surface area contributed by atoms with Gasteiger partial charge in [0.25, 0.3) is 0 Å². The van der Waals surface area contributed by atoms with Crippen molar-refractivity contribution in [1.29, 1.82) is 0 Å². The third kappa shape index (κ3) is 4.77. The minimum absolute atomic E-state index is 0.0997. The zero-order valence-electron chi connectivity index (χ0n) is 11.5. The van der Waals surface area contributed by atoms with Crippen LogP contribution in [-0.2, 0) is 9.59 Å². The third-order valence-electron chi connectivity index (χ3n) is 2.66. The van der Waals surface area contributed by atoms with Crippen LogP contribution in [0.2, 0.25) is 10.0 Å². The minimum atomic E-state index is -1.05. The van der Waals surface area contributed by atoms with E-state index in [-0.39, 0.29) is 5.69 Å². The smallest absolute Gasteiger partial charge is 0.315 e. The van der Waals surface area contributed by atoms with Gasteiger partial charge >= 0.3 is 11.8 Å². The number of anilines is 1. The monoisotopic (exact) mass is 353 g/mol. The molecule has 0 bridgehead atoms. The summed E-state index contributed by atoms with van der Waals surface area (Å²) in [4.78, 5) is 23.2. The average molecular weight is 354 g/mol. The highest BCUT2D eigenvalue weighted by molar-refractivity contribution is 6.39. The van der Waals surface area contributed by atoms with E-state index in [9.17, 15) is 14.0 Å². The van der Waals surface area contributed by atoms with Crippen LogP contribution >= 0.6 is 23.2 Å². The van der Waals surface area contributed by atoms with Gasteiger partial charge in [-0.3, -0.25) is 9.59 Å². The molecule has 0 spiro atoms. The van der Waals surface area contributed by atoms with E-state index in [4.69, 9.17) is 23.2 Å². The summed E-state index contributed by atoms with van der Waals surface area (Å²) in [5.41, 5.74) is 2.42. The van der Waals surface area contributed by atoms with Crippen molar-refractivity contribution in [3.8, 4) is 0 Å². The number of nitrogens with one attached hydrogen (secondary N) is 2. The van der Waals surface area contributed by atoms with Gasteiger partial charge in [-0.15, -0.1) is 0 Å². The Labute approximate surface area is 141 Å². The van der Waals surface area contributed by atoms with Gasteiger partial charge in [-0.25, -0.2) is 9.82 Å². The maximum absolute atomic E-state index is 13.4. The molecule has 118 valence electrons. The van der Waals surface area contributed by atoms with Gasteiger partial charge in [-0.05, 0) is 24.3 Å². The van der Waals surface area contributed by atoms with Crippen LogP contribution in [0.1, 0.15) is 5.56 Å². The van der Waals surface area contributed by atoms with E-state index in [0.29, 0.717) is 15.6 Å². The van der Waals surface area contributed by atoms with Crippen molar-refractivity contribution in [3.63, 3.8) is 0 Å². The number of halogens is 3. The molecular weight excluding hydrogens is 344 g/mol. The number of benzene rings is 2. The molecule has 0 saturated heterocycles. The topological polar surface area (TPSA) is 70.6 Å². The van der Waals surface area contributed by atoms with Crippen LogP contribution in [0.3, 0.4) is 0 Å². The lowest BCUT2D eigenvalue weighted by molar-refractivity contribution is -0.136. The van der Waals surface area contributed by atoms with Gasteiger partial charge in [0.2, 0.25) is 0 Å². The standard InChI is InChI=1S/C15H10Cl2FN3O2/c16-10-6-5-9(11(17)7-10)8-19-21-15(23)14(22)20-13-4-2-1-3-12(13)18/h1-8H,(H,20,22)(H,21,23)/b19-8+. The van der Waals surface area contributed by atoms with Gasteiger partial charge in [0.15, 0.2) is 0 Å². The van der Waals surface area contributed by atoms with Crippen LogP contribution in [-0.4, -0.2) is 18.0 Å². The molecule has 2 amide bonds. The minimum Gasteiger partial charge on any atom is -0.315 e. The molecule has 2 aromatic carbocycles. The molecule has 2 rings (SSSR count). The molecule has 0 heterocycles. The average Bonchev–Trinajstić information content (AvgIpc) is 2.51. The molecule has 0 aliphatic carbocycles. The van der Waals surface area contributed by atoms with Crippen molar-refractivity contribution in [1.82, 2.24) is 5.43 Å². The van der Waals surface area contributed by atoms with Crippen LogP contribution in [0.25, 0.3) is 0 Å². The fourth-order valence-corrected chi connectivity index (χ4v) is 2.02.